The number of amides is 1. The molecule has 9 heteroatoms. The molecule has 1 fully saturated rings. The maximum absolute atomic E-state index is 13.7. The average molecular weight is 382 g/mol. The number of nitrogens with one attached hydrogen (secondary N) is 3. The molecule has 2 heterocycles. The summed E-state index contributed by atoms with van der Waals surface area (Å²) in [5, 5.41) is 16.1. The summed E-state index contributed by atoms with van der Waals surface area (Å²) in [5.41, 5.74) is 1.90. The van der Waals surface area contributed by atoms with E-state index in [-0.39, 0.29) is 17.6 Å². The zero-order valence-corrected chi connectivity index (χ0v) is 15.0. The average Bonchev–Trinajstić information content (AvgIpc) is 3.20. The van der Waals surface area contributed by atoms with Crippen molar-refractivity contribution in [3.63, 3.8) is 0 Å². The van der Waals surface area contributed by atoms with Gasteiger partial charge in [-0.1, -0.05) is 17.2 Å². The first-order valence-corrected chi connectivity index (χ1v) is 8.91. The molecule has 0 bridgehead atoms. The van der Waals surface area contributed by atoms with Crippen LogP contribution in [-0.2, 0) is 0 Å². The Balaban J connectivity index is 1.38. The van der Waals surface area contributed by atoms with E-state index in [4.69, 9.17) is 4.42 Å². The van der Waals surface area contributed by atoms with Gasteiger partial charge < -0.3 is 25.3 Å². The Kier molecular flexibility index (Phi) is 5.16. The van der Waals surface area contributed by atoms with E-state index in [1.165, 1.54) is 12.1 Å². The van der Waals surface area contributed by atoms with E-state index in [1.54, 1.807) is 12.1 Å². The van der Waals surface area contributed by atoms with Gasteiger partial charge in [0.1, 0.15) is 5.82 Å². The highest BCUT2D eigenvalue weighted by molar-refractivity contribution is 6.01. The number of hydrogen-bond acceptors (Lipinski definition) is 7. The Morgan fingerprint density at radius 1 is 1.07 bits per heavy atom. The lowest BCUT2D eigenvalue weighted by Gasteiger charge is -2.29. The lowest BCUT2D eigenvalue weighted by molar-refractivity contribution is 0.0991. The van der Waals surface area contributed by atoms with Gasteiger partial charge in [0.25, 0.3) is 0 Å². The molecule has 0 atom stereocenters. The van der Waals surface area contributed by atoms with E-state index in [0.29, 0.717) is 5.69 Å². The molecule has 3 aromatic rings. The van der Waals surface area contributed by atoms with E-state index in [0.717, 1.165) is 31.9 Å². The molecule has 1 aliphatic rings. The summed E-state index contributed by atoms with van der Waals surface area (Å²) in [6.45, 7) is 3.81. The van der Waals surface area contributed by atoms with Gasteiger partial charge in [0.2, 0.25) is 0 Å². The summed E-state index contributed by atoms with van der Waals surface area (Å²) in [7, 11) is 0. The lowest BCUT2D eigenvalue weighted by atomic mass is 10.2. The predicted molar refractivity (Wildman–Crippen MR) is 103 cm³/mol. The molecule has 0 spiro atoms. The number of para-hydroxylation sites is 1. The Labute approximate surface area is 160 Å². The van der Waals surface area contributed by atoms with Crippen LogP contribution < -0.4 is 20.9 Å². The summed E-state index contributed by atoms with van der Waals surface area (Å²) >= 11 is 0. The molecule has 4 rings (SSSR count). The van der Waals surface area contributed by atoms with Crippen LogP contribution in [0.15, 0.2) is 52.9 Å². The first-order chi connectivity index (χ1) is 13.7. The third kappa shape index (κ3) is 4.09. The molecule has 1 aliphatic heterocycles. The second kappa shape index (κ2) is 8.05. The van der Waals surface area contributed by atoms with Crippen molar-refractivity contribution in [1.82, 2.24) is 15.5 Å². The normalized spacial score (nSPS) is 14.0. The monoisotopic (exact) mass is 382 g/mol. The highest BCUT2D eigenvalue weighted by atomic mass is 19.1. The molecule has 0 saturated carbocycles. The van der Waals surface area contributed by atoms with Crippen LogP contribution in [0.5, 0.6) is 0 Å². The molecule has 3 N–H and O–H groups in total. The third-order valence-corrected chi connectivity index (χ3v) is 4.34. The molecule has 0 aliphatic carbocycles. The van der Waals surface area contributed by atoms with Gasteiger partial charge in [-0.05, 0) is 36.4 Å². The van der Waals surface area contributed by atoms with Crippen LogP contribution in [0.1, 0.15) is 10.7 Å². The highest BCUT2D eigenvalue weighted by Gasteiger charge is 2.16. The predicted octanol–water partition coefficient (Wildman–Crippen LogP) is 2.61. The van der Waals surface area contributed by atoms with Crippen LogP contribution in [0.2, 0.25) is 0 Å². The number of hydrogen-bond donors (Lipinski definition) is 3. The van der Waals surface area contributed by atoms with Gasteiger partial charge in [-0.2, -0.15) is 0 Å². The molecule has 144 valence electrons. The summed E-state index contributed by atoms with van der Waals surface area (Å²) in [6, 6.07) is 13.6. The Hall–Kier alpha value is -3.46. The smallest absolute Gasteiger partial charge is 0.320 e. The van der Waals surface area contributed by atoms with Crippen molar-refractivity contribution in [2.24, 2.45) is 0 Å². The third-order valence-electron chi connectivity index (χ3n) is 4.34. The second-order valence-electron chi connectivity index (χ2n) is 6.26. The number of carbonyl (C=O) groups is 1. The van der Waals surface area contributed by atoms with E-state index in [1.807, 2.05) is 24.3 Å². The van der Waals surface area contributed by atoms with Gasteiger partial charge in [-0.25, -0.2) is 4.39 Å². The van der Waals surface area contributed by atoms with Crippen LogP contribution in [0, 0.1) is 5.82 Å². The van der Waals surface area contributed by atoms with Crippen LogP contribution in [0.25, 0.3) is 0 Å². The number of halogens is 1. The second-order valence-corrected chi connectivity index (χ2v) is 6.26. The summed E-state index contributed by atoms with van der Waals surface area (Å²) in [4.78, 5) is 14.6. The van der Waals surface area contributed by atoms with Gasteiger partial charge >= 0.3 is 17.8 Å². The largest absolute Gasteiger partial charge is 0.399 e. The zero-order valence-electron chi connectivity index (χ0n) is 15.0. The number of nitrogens with zero attached hydrogens (tertiary/aromatic N) is 3. The van der Waals surface area contributed by atoms with Gasteiger partial charge in [0.05, 0.1) is 5.69 Å². The fourth-order valence-electron chi connectivity index (χ4n) is 2.91. The SMILES string of the molecule is O=C(Nc1ccc(N2CCNCC2)cc1)c1nnc(Nc2ccccc2F)o1. The summed E-state index contributed by atoms with van der Waals surface area (Å²) < 4.78 is 18.9. The number of rotatable bonds is 5. The minimum atomic E-state index is -0.538. The van der Waals surface area contributed by atoms with Crippen molar-refractivity contribution in [1.29, 1.82) is 0 Å². The van der Waals surface area contributed by atoms with Gasteiger partial charge in [0, 0.05) is 37.6 Å². The molecular formula is C19H19FN6O2. The molecule has 1 aromatic heterocycles. The van der Waals surface area contributed by atoms with E-state index in [2.05, 4.69) is 31.0 Å². The van der Waals surface area contributed by atoms with Crippen LogP contribution in [-0.4, -0.2) is 42.3 Å². The summed E-state index contributed by atoms with van der Waals surface area (Å²) in [5.74, 6) is -1.22. The van der Waals surface area contributed by atoms with Crippen molar-refractivity contribution >= 4 is 29.0 Å². The molecule has 28 heavy (non-hydrogen) atoms. The molecule has 1 saturated heterocycles. The molecule has 1 amide bonds. The van der Waals surface area contributed by atoms with E-state index >= 15 is 0 Å². The Bertz CT molecular complexity index is 953. The van der Waals surface area contributed by atoms with Crippen LogP contribution >= 0.6 is 0 Å². The molecule has 0 unspecified atom stereocenters. The minimum absolute atomic E-state index is 0.0655. The Morgan fingerprint density at radius 3 is 2.57 bits per heavy atom. The molecular weight excluding hydrogens is 363 g/mol. The first-order valence-electron chi connectivity index (χ1n) is 8.91. The number of aromatic nitrogens is 2. The van der Waals surface area contributed by atoms with Crippen molar-refractivity contribution in [2.75, 3.05) is 41.7 Å². The van der Waals surface area contributed by atoms with Gasteiger partial charge in [-0.15, -0.1) is 5.10 Å². The Morgan fingerprint density at radius 2 is 1.82 bits per heavy atom. The summed E-state index contributed by atoms with van der Waals surface area (Å²) in [6.07, 6.45) is 0. The maximum atomic E-state index is 13.7. The fraction of sp³-hybridized carbons (Fsp3) is 0.211. The van der Waals surface area contributed by atoms with Crippen molar-refractivity contribution in [3.8, 4) is 0 Å². The number of carbonyl (C=O) groups excluding carboxylic acids is 1. The van der Waals surface area contributed by atoms with Gasteiger partial charge in [0.15, 0.2) is 0 Å². The molecule has 0 radical (unpaired) electrons. The standard InChI is InChI=1S/C19H19FN6O2/c20-15-3-1-2-4-16(15)23-19-25-24-18(28-19)17(27)22-13-5-7-14(8-6-13)26-11-9-21-10-12-26/h1-8,21H,9-12H2,(H,22,27)(H,23,25). The highest BCUT2D eigenvalue weighted by Crippen LogP contribution is 2.20. The fourth-order valence-corrected chi connectivity index (χ4v) is 2.91. The first kappa shape index (κ1) is 17.9. The van der Waals surface area contributed by atoms with Crippen LogP contribution in [0.4, 0.5) is 27.5 Å². The number of piperazine rings is 1. The van der Waals surface area contributed by atoms with Crippen LogP contribution in [0.3, 0.4) is 0 Å². The van der Waals surface area contributed by atoms with E-state index < -0.39 is 11.7 Å². The molecule has 8 nitrogen and oxygen atoms in total. The zero-order chi connectivity index (χ0) is 19.3. The number of benzene rings is 2. The number of anilines is 4. The van der Waals surface area contributed by atoms with Crippen molar-refractivity contribution < 1.29 is 13.6 Å². The van der Waals surface area contributed by atoms with Crippen molar-refractivity contribution in [2.45, 2.75) is 0 Å². The lowest BCUT2D eigenvalue weighted by Crippen LogP contribution is -2.43. The van der Waals surface area contributed by atoms with Gasteiger partial charge in [-0.3, -0.25) is 4.79 Å². The maximum Gasteiger partial charge on any atom is 0.320 e. The van der Waals surface area contributed by atoms with Crippen molar-refractivity contribution in [3.05, 3.63) is 60.2 Å². The quantitative estimate of drug-likeness (QED) is 0.624. The topological polar surface area (TPSA) is 95.3 Å². The minimum Gasteiger partial charge on any atom is -0.399 e. The van der Waals surface area contributed by atoms with E-state index in [9.17, 15) is 9.18 Å². The molecule has 2 aromatic carbocycles.